The molecule has 0 fully saturated rings. The number of hydrogen-bond donors (Lipinski definition) is 0. The number of carbonyl (C=O) groups is 1. The molecule has 2 nitrogen and oxygen atoms in total. The highest BCUT2D eigenvalue weighted by molar-refractivity contribution is 5.49. The monoisotopic (exact) mass is 271 g/mol. The van der Waals surface area contributed by atoms with Gasteiger partial charge in [-0.2, -0.15) is 0 Å². The molecular weight excluding hydrogens is 246 g/mol. The van der Waals surface area contributed by atoms with Gasteiger partial charge in [0.05, 0.1) is 0 Å². The quantitative estimate of drug-likeness (QED) is 0.417. The number of benzene rings is 1. The molecule has 0 atom stereocenters. The second-order valence-electron chi connectivity index (χ2n) is 5.67. The number of nitrogens with zero attached hydrogens (tertiary/aromatic N) is 1. The van der Waals surface area contributed by atoms with Gasteiger partial charge in [-0.3, -0.25) is 4.79 Å². The van der Waals surface area contributed by atoms with Crippen LogP contribution >= 0.6 is 0 Å². The van der Waals surface area contributed by atoms with Crippen molar-refractivity contribution in [2.24, 2.45) is 0 Å². The van der Waals surface area contributed by atoms with Gasteiger partial charge in [-0.05, 0) is 25.8 Å². The lowest BCUT2D eigenvalue weighted by Crippen LogP contribution is -2.42. The van der Waals surface area contributed by atoms with Crippen LogP contribution in [0.1, 0.15) is 52.0 Å². The summed E-state index contributed by atoms with van der Waals surface area (Å²) in [4.78, 5) is 13.2. The molecule has 0 aliphatic rings. The second-order valence-corrected chi connectivity index (χ2v) is 5.67. The third kappa shape index (κ3) is 5.48. The van der Waals surface area contributed by atoms with E-state index >= 15 is 0 Å². The topological polar surface area (TPSA) is 20.3 Å². The van der Waals surface area contributed by atoms with Crippen molar-refractivity contribution < 1.29 is 4.79 Å². The van der Waals surface area contributed by atoms with Crippen molar-refractivity contribution in [1.29, 1.82) is 0 Å². The molecule has 1 rings (SSSR count). The maximum Gasteiger partial charge on any atom is 0.210 e. The Bertz CT molecular complexity index is 453. The number of rotatable bonds is 7. The maximum absolute atomic E-state index is 11.4. The van der Waals surface area contributed by atoms with Crippen molar-refractivity contribution in [3.8, 4) is 11.8 Å². The highest BCUT2D eigenvalue weighted by atomic mass is 16.1. The fourth-order valence-corrected chi connectivity index (χ4v) is 1.91. The summed E-state index contributed by atoms with van der Waals surface area (Å²) in [5.41, 5.74) is 0.906. The molecule has 1 aromatic rings. The van der Waals surface area contributed by atoms with Crippen LogP contribution in [0.15, 0.2) is 30.3 Å². The summed E-state index contributed by atoms with van der Waals surface area (Å²) in [6.45, 7) is 6.94. The zero-order valence-electron chi connectivity index (χ0n) is 12.9. The minimum atomic E-state index is -0.239. The fraction of sp³-hybridized carbons (Fsp3) is 0.500. The summed E-state index contributed by atoms with van der Waals surface area (Å²) in [7, 11) is 0. The summed E-state index contributed by atoms with van der Waals surface area (Å²) in [5, 5.41) is 0. The average Bonchev–Trinajstić information content (AvgIpc) is 2.45. The number of unbranched alkanes of at least 4 members (excludes halogenated alkanes) is 2. The first-order valence-corrected chi connectivity index (χ1v) is 7.32. The van der Waals surface area contributed by atoms with Crippen molar-refractivity contribution >= 4 is 6.41 Å². The smallest absolute Gasteiger partial charge is 0.210 e. The lowest BCUT2D eigenvalue weighted by molar-refractivity contribution is -0.123. The maximum atomic E-state index is 11.4. The van der Waals surface area contributed by atoms with Crippen LogP contribution in [-0.2, 0) is 11.3 Å². The Hall–Kier alpha value is -1.75. The highest BCUT2D eigenvalue weighted by Gasteiger charge is 2.24. The van der Waals surface area contributed by atoms with Crippen LogP contribution in [0.5, 0.6) is 0 Å². The van der Waals surface area contributed by atoms with Crippen molar-refractivity contribution in [2.75, 3.05) is 0 Å². The molecule has 1 amide bonds. The Kier molecular flexibility index (Phi) is 6.87. The van der Waals surface area contributed by atoms with E-state index < -0.39 is 0 Å². The third-order valence-corrected chi connectivity index (χ3v) is 3.40. The molecule has 0 bridgehead atoms. The molecule has 0 saturated carbocycles. The van der Waals surface area contributed by atoms with E-state index in [0.29, 0.717) is 13.0 Å². The molecular formula is C18H25NO. The Morgan fingerprint density at radius 2 is 1.90 bits per heavy atom. The first-order chi connectivity index (χ1) is 9.60. The lowest BCUT2D eigenvalue weighted by Gasteiger charge is -2.34. The molecule has 0 aliphatic heterocycles. The molecule has 108 valence electrons. The molecule has 20 heavy (non-hydrogen) atoms. The Morgan fingerprint density at radius 1 is 1.20 bits per heavy atom. The fourth-order valence-electron chi connectivity index (χ4n) is 1.91. The van der Waals surface area contributed by atoms with Crippen LogP contribution in [-0.4, -0.2) is 16.8 Å². The van der Waals surface area contributed by atoms with Crippen molar-refractivity contribution in [3.63, 3.8) is 0 Å². The van der Waals surface area contributed by atoms with E-state index in [1.54, 1.807) is 0 Å². The molecule has 0 aromatic heterocycles. The lowest BCUT2D eigenvalue weighted by atomic mass is 9.98. The summed E-state index contributed by atoms with van der Waals surface area (Å²) in [6.07, 6.45) is 4.91. The van der Waals surface area contributed by atoms with E-state index in [1.165, 1.54) is 6.42 Å². The van der Waals surface area contributed by atoms with E-state index in [0.717, 1.165) is 24.8 Å². The van der Waals surface area contributed by atoms with Crippen LogP contribution in [0.3, 0.4) is 0 Å². The van der Waals surface area contributed by atoms with Gasteiger partial charge in [-0.1, -0.05) is 43.7 Å². The van der Waals surface area contributed by atoms with Gasteiger partial charge in [0.25, 0.3) is 0 Å². The van der Waals surface area contributed by atoms with E-state index in [2.05, 4.69) is 32.6 Å². The SMILES string of the molecule is CCCCC#CCC(C)(C)N(C=O)Cc1ccccc1. The summed E-state index contributed by atoms with van der Waals surface area (Å²) in [6, 6.07) is 10.1. The third-order valence-electron chi connectivity index (χ3n) is 3.40. The zero-order valence-corrected chi connectivity index (χ0v) is 12.9. The summed E-state index contributed by atoms with van der Waals surface area (Å²) < 4.78 is 0. The van der Waals surface area contributed by atoms with Crippen LogP contribution in [0.4, 0.5) is 0 Å². The van der Waals surface area contributed by atoms with E-state index in [-0.39, 0.29) is 5.54 Å². The molecule has 1 aromatic carbocycles. The summed E-state index contributed by atoms with van der Waals surface area (Å²) >= 11 is 0. The predicted octanol–water partition coefficient (Wildman–Crippen LogP) is 4.01. The average molecular weight is 271 g/mol. The zero-order chi connectivity index (χ0) is 14.8. The molecule has 0 heterocycles. The van der Waals surface area contributed by atoms with Gasteiger partial charge in [-0.25, -0.2) is 0 Å². The van der Waals surface area contributed by atoms with Gasteiger partial charge in [0, 0.05) is 24.9 Å². The first-order valence-electron chi connectivity index (χ1n) is 7.32. The summed E-state index contributed by atoms with van der Waals surface area (Å²) in [5.74, 6) is 6.40. The van der Waals surface area contributed by atoms with Crippen LogP contribution < -0.4 is 0 Å². The molecule has 2 heteroatoms. The van der Waals surface area contributed by atoms with Gasteiger partial charge in [-0.15, -0.1) is 11.8 Å². The van der Waals surface area contributed by atoms with Crippen LogP contribution in [0.2, 0.25) is 0 Å². The second kappa shape index (κ2) is 8.43. The van der Waals surface area contributed by atoms with Crippen LogP contribution in [0.25, 0.3) is 0 Å². The van der Waals surface area contributed by atoms with Gasteiger partial charge in [0.15, 0.2) is 0 Å². The molecule has 0 radical (unpaired) electrons. The van der Waals surface area contributed by atoms with E-state index in [9.17, 15) is 4.79 Å². The largest absolute Gasteiger partial charge is 0.335 e. The minimum absolute atomic E-state index is 0.239. The van der Waals surface area contributed by atoms with Gasteiger partial charge in [0.1, 0.15) is 0 Å². The number of hydrogen-bond acceptors (Lipinski definition) is 1. The molecule has 0 unspecified atom stereocenters. The normalized spacial score (nSPS) is 10.6. The number of carbonyl (C=O) groups excluding carboxylic acids is 1. The van der Waals surface area contributed by atoms with E-state index in [4.69, 9.17) is 0 Å². The minimum Gasteiger partial charge on any atom is -0.335 e. The Morgan fingerprint density at radius 3 is 2.50 bits per heavy atom. The predicted molar refractivity (Wildman–Crippen MR) is 84.0 cm³/mol. The van der Waals surface area contributed by atoms with Gasteiger partial charge >= 0.3 is 0 Å². The molecule has 0 spiro atoms. The van der Waals surface area contributed by atoms with Crippen molar-refractivity contribution in [1.82, 2.24) is 4.90 Å². The molecule has 0 aliphatic carbocycles. The van der Waals surface area contributed by atoms with E-state index in [1.807, 2.05) is 35.2 Å². The Balaban J connectivity index is 2.61. The Labute approximate surface area is 123 Å². The molecule has 0 N–H and O–H groups in total. The van der Waals surface area contributed by atoms with Gasteiger partial charge in [0.2, 0.25) is 6.41 Å². The molecule has 0 saturated heterocycles. The van der Waals surface area contributed by atoms with Crippen molar-refractivity contribution in [2.45, 2.75) is 58.5 Å². The van der Waals surface area contributed by atoms with Crippen molar-refractivity contribution in [3.05, 3.63) is 35.9 Å². The highest BCUT2D eigenvalue weighted by Crippen LogP contribution is 2.19. The standard InChI is InChI=1S/C18H25NO/c1-4-5-6-7-11-14-18(2,3)19(16-20)15-17-12-9-8-10-13-17/h8-10,12-13,16H,4-6,14-15H2,1-3H3. The van der Waals surface area contributed by atoms with Crippen LogP contribution in [0, 0.1) is 11.8 Å². The van der Waals surface area contributed by atoms with Gasteiger partial charge < -0.3 is 4.90 Å². The first kappa shape index (κ1) is 16.3. The number of amides is 1.